The maximum absolute atomic E-state index is 13.3. The zero-order valence-electron chi connectivity index (χ0n) is 18.3. The number of benzene rings is 3. The zero-order valence-corrected chi connectivity index (χ0v) is 19.0. The molecule has 0 saturated heterocycles. The molecule has 0 spiro atoms. The lowest BCUT2D eigenvalue weighted by Gasteiger charge is -2.36. The number of amides is 3. The van der Waals surface area contributed by atoms with Crippen molar-refractivity contribution < 1.29 is 23.9 Å². The number of fused-ring (bicyclic) bond motifs is 1. The Morgan fingerprint density at radius 1 is 1.00 bits per heavy atom. The predicted octanol–water partition coefficient (Wildman–Crippen LogP) is 4.11. The Kier molecular flexibility index (Phi) is 6.98. The lowest BCUT2D eigenvalue weighted by atomic mass is 10.0. The van der Waals surface area contributed by atoms with E-state index in [9.17, 15) is 14.4 Å². The summed E-state index contributed by atoms with van der Waals surface area (Å²) in [5.74, 6) is -0.491. The molecule has 3 amide bonds. The highest BCUT2D eigenvalue weighted by Gasteiger charge is 2.38. The molecule has 0 aliphatic carbocycles. The largest absolute Gasteiger partial charge is 0.493 e. The number of hydrogen-bond donors (Lipinski definition) is 2. The van der Waals surface area contributed by atoms with E-state index in [1.165, 1.54) is 12.0 Å². The van der Waals surface area contributed by atoms with Crippen LogP contribution in [-0.2, 0) is 14.4 Å². The third-order valence-electron chi connectivity index (χ3n) is 5.23. The van der Waals surface area contributed by atoms with Crippen LogP contribution in [0.3, 0.4) is 0 Å². The summed E-state index contributed by atoms with van der Waals surface area (Å²) in [6.45, 7) is -0.350. The van der Waals surface area contributed by atoms with Crippen LogP contribution in [0.1, 0.15) is 6.42 Å². The minimum absolute atomic E-state index is 0.247. The number of ether oxygens (including phenoxy) is 2. The van der Waals surface area contributed by atoms with Gasteiger partial charge in [0.15, 0.2) is 18.1 Å². The summed E-state index contributed by atoms with van der Waals surface area (Å²) in [4.78, 5) is 40.3. The van der Waals surface area contributed by atoms with E-state index in [4.69, 9.17) is 21.1 Å². The maximum Gasteiger partial charge on any atom is 0.265 e. The fourth-order valence-corrected chi connectivity index (χ4v) is 3.78. The number of hydrogen-bond acceptors (Lipinski definition) is 5. The monoisotopic (exact) mass is 479 g/mol. The topological polar surface area (TPSA) is 97.0 Å². The van der Waals surface area contributed by atoms with Crippen molar-refractivity contribution in [1.82, 2.24) is 0 Å². The predicted molar refractivity (Wildman–Crippen MR) is 130 cm³/mol. The molecule has 3 aromatic carbocycles. The van der Waals surface area contributed by atoms with Gasteiger partial charge in [0.1, 0.15) is 6.04 Å². The van der Waals surface area contributed by atoms with E-state index in [0.717, 1.165) is 0 Å². The number of rotatable bonds is 7. The molecular formula is C25H22ClN3O5. The van der Waals surface area contributed by atoms with Gasteiger partial charge in [-0.3, -0.25) is 19.3 Å². The van der Waals surface area contributed by atoms with Crippen LogP contribution in [0.25, 0.3) is 0 Å². The summed E-state index contributed by atoms with van der Waals surface area (Å²) >= 11 is 5.89. The van der Waals surface area contributed by atoms with Crippen LogP contribution < -0.4 is 25.0 Å². The number of nitrogens with one attached hydrogen (secondary N) is 2. The van der Waals surface area contributed by atoms with E-state index in [2.05, 4.69) is 10.6 Å². The molecule has 1 heterocycles. The quantitative estimate of drug-likeness (QED) is 0.531. The first-order valence-corrected chi connectivity index (χ1v) is 10.9. The Hall–Kier alpha value is -4.04. The first kappa shape index (κ1) is 23.1. The van der Waals surface area contributed by atoms with Gasteiger partial charge in [0.2, 0.25) is 11.8 Å². The van der Waals surface area contributed by atoms with Gasteiger partial charge in [-0.15, -0.1) is 0 Å². The fraction of sp³-hybridized carbons (Fsp3) is 0.160. The van der Waals surface area contributed by atoms with Gasteiger partial charge in [-0.2, -0.15) is 0 Å². The molecule has 3 aromatic rings. The third-order valence-corrected chi connectivity index (χ3v) is 5.48. The summed E-state index contributed by atoms with van der Waals surface area (Å²) < 4.78 is 11.0. The zero-order chi connectivity index (χ0) is 24.1. The van der Waals surface area contributed by atoms with E-state index in [1.54, 1.807) is 72.8 Å². The summed E-state index contributed by atoms with van der Waals surface area (Å²) in [5, 5.41) is 6.04. The van der Waals surface area contributed by atoms with Gasteiger partial charge in [-0.25, -0.2) is 0 Å². The standard InChI is InChI=1S/C25H22ClN3O5/c1-33-21-8-4-5-9-22(21)34-15-24(31)29-19-7-3-2-6-18(19)28-25(32)20(29)14-23(30)27-17-12-10-16(26)11-13-17/h2-13,20H,14-15H2,1H3,(H,27,30)(H,28,32)/t20-/m1/s1. The lowest BCUT2D eigenvalue weighted by Crippen LogP contribution is -2.53. The van der Waals surface area contributed by atoms with Gasteiger partial charge in [-0.05, 0) is 48.5 Å². The van der Waals surface area contributed by atoms with E-state index < -0.39 is 23.8 Å². The molecule has 1 aliphatic rings. The summed E-state index contributed by atoms with van der Waals surface area (Å²) in [6.07, 6.45) is -0.247. The SMILES string of the molecule is COc1ccccc1OCC(=O)N1c2ccccc2NC(=O)[C@H]1CC(=O)Nc1ccc(Cl)cc1. The molecule has 1 atom stereocenters. The molecule has 1 aliphatic heterocycles. The molecule has 4 rings (SSSR count). The number of nitrogens with zero attached hydrogens (tertiary/aromatic N) is 1. The second-order valence-corrected chi connectivity index (χ2v) is 7.92. The van der Waals surface area contributed by atoms with Crippen LogP contribution in [0.4, 0.5) is 17.1 Å². The van der Waals surface area contributed by atoms with Crippen molar-refractivity contribution in [2.24, 2.45) is 0 Å². The molecule has 0 radical (unpaired) electrons. The van der Waals surface area contributed by atoms with Gasteiger partial charge in [0, 0.05) is 10.7 Å². The summed E-state index contributed by atoms with van der Waals surface area (Å²) in [6, 6.07) is 19.4. The minimum Gasteiger partial charge on any atom is -0.493 e. The van der Waals surface area contributed by atoms with Crippen molar-refractivity contribution in [3.63, 3.8) is 0 Å². The summed E-state index contributed by atoms with van der Waals surface area (Å²) in [7, 11) is 1.50. The lowest BCUT2D eigenvalue weighted by molar-refractivity contribution is -0.127. The van der Waals surface area contributed by atoms with E-state index in [0.29, 0.717) is 33.6 Å². The van der Waals surface area contributed by atoms with Crippen LogP contribution >= 0.6 is 11.6 Å². The molecule has 0 aromatic heterocycles. The van der Waals surface area contributed by atoms with Crippen molar-refractivity contribution >= 4 is 46.4 Å². The second-order valence-electron chi connectivity index (χ2n) is 7.48. The number of carbonyl (C=O) groups excluding carboxylic acids is 3. The number of methoxy groups -OCH3 is 1. The number of halogens is 1. The van der Waals surface area contributed by atoms with Gasteiger partial charge in [0.05, 0.1) is 24.9 Å². The van der Waals surface area contributed by atoms with E-state index in [-0.39, 0.29) is 13.0 Å². The van der Waals surface area contributed by atoms with Gasteiger partial charge < -0.3 is 20.1 Å². The highest BCUT2D eigenvalue weighted by Crippen LogP contribution is 2.33. The van der Waals surface area contributed by atoms with Gasteiger partial charge in [-0.1, -0.05) is 35.9 Å². The van der Waals surface area contributed by atoms with Crippen LogP contribution in [-0.4, -0.2) is 37.5 Å². The van der Waals surface area contributed by atoms with Crippen molar-refractivity contribution in [2.75, 3.05) is 29.3 Å². The minimum atomic E-state index is -1.06. The van der Waals surface area contributed by atoms with Crippen molar-refractivity contribution in [2.45, 2.75) is 12.5 Å². The molecule has 34 heavy (non-hydrogen) atoms. The fourth-order valence-electron chi connectivity index (χ4n) is 3.65. The van der Waals surface area contributed by atoms with Gasteiger partial charge in [0.25, 0.3) is 5.91 Å². The Bertz CT molecular complexity index is 1220. The molecule has 0 unspecified atom stereocenters. The van der Waals surface area contributed by atoms with Gasteiger partial charge >= 0.3 is 0 Å². The Balaban J connectivity index is 1.55. The summed E-state index contributed by atoms with van der Waals surface area (Å²) in [5.41, 5.74) is 1.50. The first-order chi connectivity index (χ1) is 16.5. The maximum atomic E-state index is 13.3. The smallest absolute Gasteiger partial charge is 0.265 e. The normalized spacial score (nSPS) is 14.6. The van der Waals surface area contributed by atoms with Crippen LogP contribution in [0.2, 0.25) is 5.02 Å². The average molecular weight is 480 g/mol. The number of carbonyl (C=O) groups is 3. The van der Waals surface area contributed by atoms with E-state index in [1.807, 2.05) is 0 Å². The third kappa shape index (κ3) is 5.13. The Morgan fingerprint density at radius 2 is 1.68 bits per heavy atom. The molecule has 0 fully saturated rings. The Labute approximate surface area is 201 Å². The van der Waals surface area contributed by atoms with Crippen molar-refractivity contribution in [3.8, 4) is 11.5 Å². The van der Waals surface area contributed by atoms with Crippen LogP contribution in [0, 0.1) is 0 Å². The molecule has 8 nitrogen and oxygen atoms in total. The molecule has 0 bridgehead atoms. The highest BCUT2D eigenvalue weighted by molar-refractivity contribution is 6.30. The van der Waals surface area contributed by atoms with Crippen molar-refractivity contribution in [1.29, 1.82) is 0 Å². The molecular weight excluding hydrogens is 458 g/mol. The molecule has 174 valence electrons. The first-order valence-electron chi connectivity index (χ1n) is 10.5. The molecule has 9 heteroatoms. The average Bonchev–Trinajstić information content (AvgIpc) is 2.84. The molecule has 2 N–H and O–H groups in total. The number of anilines is 3. The van der Waals surface area contributed by atoms with Crippen LogP contribution in [0.15, 0.2) is 72.8 Å². The Morgan fingerprint density at radius 3 is 2.41 bits per heavy atom. The van der Waals surface area contributed by atoms with E-state index >= 15 is 0 Å². The molecule has 0 saturated carbocycles. The highest BCUT2D eigenvalue weighted by atomic mass is 35.5. The van der Waals surface area contributed by atoms with Crippen LogP contribution in [0.5, 0.6) is 11.5 Å². The van der Waals surface area contributed by atoms with Crippen molar-refractivity contribution in [3.05, 3.63) is 77.8 Å². The second kappa shape index (κ2) is 10.3. The number of para-hydroxylation sites is 4.